The van der Waals surface area contributed by atoms with Crippen LogP contribution in [-0.2, 0) is 4.79 Å². The molecule has 0 bridgehead atoms. The molecular weight excluding hydrogens is 255 g/mol. The van der Waals surface area contributed by atoms with Crippen LogP contribution in [0.3, 0.4) is 0 Å². The van der Waals surface area contributed by atoms with Gasteiger partial charge in [0, 0.05) is 6.04 Å². The number of nitrogens with zero attached hydrogens (tertiary/aromatic N) is 1. The lowest BCUT2D eigenvalue weighted by Gasteiger charge is -2.24. The lowest BCUT2D eigenvalue weighted by Crippen LogP contribution is -2.43. The number of nitrogens with one attached hydrogen (secondary N) is 1. The van der Waals surface area contributed by atoms with Gasteiger partial charge in [-0.15, -0.1) is 0 Å². The standard InChI is InChI=1S/C16H21FN2O/c1-4-16(3)15(20)19(13-8-10(13)2)14(18-16)11-6-5-7-12(17)9-11/h5-7,9-10,13-14,18H,4,8H2,1-3H3. The molecular formula is C16H21FN2O. The van der Waals surface area contributed by atoms with Gasteiger partial charge in [-0.1, -0.05) is 26.0 Å². The fourth-order valence-electron chi connectivity index (χ4n) is 3.04. The zero-order valence-corrected chi connectivity index (χ0v) is 12.2. The summed E-state index contributed by atoms with van der Waals surface area (Å²) >= 11 is 0. The molecule has 1 aromatic rings. The van der Waals surface area contributed by atoms with Gasteiger partial charge in [0.25, 0.3) is 0 Å². The second-order valence-electron chi connectivity index (χ2n) is 6.28. The van der Waals surface area contributed by atoms with Crippen molar-refractivity contribution in [3.05, 3.63) is 35.6 Å². The quantitative estimate of drug-likeness (QED) is 0.920. The van der Waals surface area contributed by atoms with Crippen LogP contribution >= 0.6 is 0 Å². The SMILES string of the molecule is CCC1(C)NC(c2cccc(F)c2)N(C2CC2C)C1=O. The highest BCUT2D eigenvalue weighted by atomic mass is 19.1. The Labute approximate surface area is 119 Å². The van der Waals surface area contributed by atoms with Gasteiger partial charge in [-0.25, -0.2) is 4.39 Å². The van der Waals surface area contributed by atoms with E-state index >= 15 is 0 Å². The maximum atomic E-state index is 13.5. The van der Waals surface area contributed by atoms with Crippen molar-refractivity contribution in [3.8, 4) is 0 Å². The molecule has 20 heavy (non-hydrogen) atoms. The van der Waals surface area contributed by atoms with Crippen LogP contribution in [0.5, 0.6) is 0 Å². The number of carbonyl (C=O) groups is 1. The summed E-state index contributed by atoms with van der Waals surface area (Å²) in [6.07, 6.45) is 1.56. The van der Waals surface area contributed by atoms with E-state index in [0.717, 1.165) is 18.4 Å². The van der Waals surface area contributed by atoms with Crippen molar-refractivity contribution in [1.82, 2.24) is 10.2 Å². The molecule has 1 saturated carbocycles. The fraction of sp³-hybridized carbons (Fsp3) is 0.562. The van der Waals surface area contributed by atoms with Gasteiger partial charge in [-0.3, -0.25) is 10.1 Å². The average molecular weight is 276 g/mol. The lowest BCUT2D eigenvalue weighted by molar-refractivity contribution is -0.133. The number of rotatable bonds is 3. The lowest BCUT2D eigenvalue weighted by atomic mass is 9.99. The molecule has 3 rings (SSSR count). The summed E-state index contributed by atoms with van der Waals surface area (Å²) in [6, 6.07) is 6.83. The van der Waals surface area contributed by atoms with Gasteiger partial charge >= 0.3 is 0 Å². The molecule has 1 aliphatic carbocycles. The molecule has 1 aliphatic heterocycles. The summed E-state index contributed by atoms with van der Waals surface area (Å²) in [6.45, 7) is 6.10. The van der Waals surface area contributed by atoms with E-state index in [9.17, 15) is 9.18 Å². The molecule has 3 nitrogen and oxygen atoms in total. The fourth-order valence-corrected chi connectivity index (χ4v) is 3.04. The molecule has 0 aromatic heterocycles. The van der Waals surface area contributed by atoms with Gasteiger partial charge in [-0.05, 0) is 43.4 Å². The van der Waals surface area contributed by atoms with Gasteiger partial charge in [0.1, 0.15) is 12.0 Å². The second kappa shape index (κ2) is 4.55. The molecule has 108 valence electrons. The first-order valence-corrected chi connectivity index (χ1v) is 7.32. The number of halogens is 1. The zero-order valence-electron chi connectivity index (χ0n) is 12.2. The van der Waals surface area contributed by atoms with Crippen LogP contribution < -0.4 is 5.32 Å². The topological polar surface area (TPSA) is 32.3 Å². The molecule has 1 amide bonds. The van der Waals surface area contributed by atoms with Crippen LogP contribution in [0.2, 0.25) is 0 Å². The van der Waals surface area contributed by atoms with Crippen LogP contribution in [-0.4, -0.2) is 22.4 Å². The highest BCUT2D eigenvalue weighted by Crippen LogP contribution is 2.44. The summed E-state index contributed by atoms with van der Waals surface area (Å²) in [4.78, 5) is 14.7. The summed E-state index contributed by atoms with van der Waals surface area (Å²) in [5.41, 5.74) is 0.286. The largest absolute Gasteiger partial charge is 0.318 e. The van der Waals surface area contributed by atoms with Crippen molar-refractivity contribution in [1.29, 1.82) is 0 Å². The Balaban J connectivity index is 1.97. The van der Waals surface area contributed by atoms with Crippen molar-refractivity contribution in [2.75, 3.05) is 0 Å². The molecule has 1 heterocycles. The first-order valence-electron chi connectivity index (χ1n) is 7.32. The zero-order chi connectivity index (χ0) is 14.5. The Morgan fingerprint density at radius 1 is 1.50 bits per heavy atom. The van der Waals surface area contributed by atoms with E-state index in [1.807, 2.05) is 24.8 Å². The molecule has 4 unspecified atom stereocenters. The smallest absolute Gasteiger partial charge is 0.244 e. The van der Waals surface area contributed by atoms with Gasteiger partial charge < -0.3 is 4.90 Å². The summed E-state index contributed by atoms with van der Waals surface area (Å²) < 4.78 is 13.5. The highest BCUT2D eigenvalue weighted by Gasteiger charge is 2.54. The number of carbonyl (C=O) groups excluding carboxylic acids is 1. The Bertz CT molecular complexity index is 547. The van der Waals surface area contributed by atoms with Crippen LogP contribution in [0.15, 0.2) is 24.3 Å². The summed E-state index contributed by atoms with van der Waals surface area (Å²) in [5, 5.41) is 3.41. The number of hydrogen-bond acceptors (Lipinski definition) is 2. The van der Waals surface area contributed by atoms with E-state index in [1.54, 1.807) is 6.07 Å². The van der Waals surface area contributed by atoms with Crippen LogP contribution in [0.4, 0.5) is 4.39 Å². The van der Waals surface area contributed by atoms with E-state index < -0.39 is 5.54 Å². The van der Waals surface area contributed by atoms with E-state index in [1.165, 1.54) is 12.1 Å². The van der Waals surface area contributed by atoms with Gasteiger partial charge in [-0.2, -0.15) is 0 Å². The molecule has 0 spiro atoms. The molecule has 1 N–H and O–H groups in total. The maximum absolute atomic E-state index is 13.5. The van der Waals surface area contributed by atoms with Crippen LogP contribution in [0.25, 0.3) is 0 Å². The van der Waals surface area contributed by atoms with Crippen molar-refractivity contribution in [2.24, 2.45) is 5.92 Å². The first-order chi connectivity index (χ1) is 9.46. The first kappa shape index (κ1) is 13.6. The predicted octanol–water partition coefficient (Wildman–Crippen LogP) is 2.83. The molecule has 2 aliphatic rings. The minimum atomic E-state index is -0.542. The molecule has 4 atom stereocenters. The van der Waals surface area contributed by atoms with Gasteiger partial charge in [0.15, 0.2) is 0 Å². The Morgan fingerprint density at radius 2 is 2.20 bits per heavy atom. The van der Waals surface area contributed by atoms with E-state index in [-0.39, 0.29) is 23.9 Å². The Hall–Kier alpha value is -1.42. The van der Waals surface area contributed by atoms with Crippen molar-refractivity contribution in [2.45, 2.75) is 51.4 Å². The van der Waals surface area contributed by atoms with Crippen molar-refractivity contribution >= 4 is 5.91 Å². The normalized spacial score (nSPS) is 36.5. The van der Waals surface area contributed by atoms with Crippen molar-refractivity contribution in [3.63, 3.8) is 0 Å². The minimum Gasteiger partial charge on any atom is -0.318 e. The molecule has 2 fully saturated rings. The third kappa shape index (κ3) is 2.03. The second-order valence-corrected chi connectivity index (χ2v) is 6.28. The van der Waals surface area contributed by atoms with E-state index in [2.05, 4.69) is 12.2 Å². The van der Waals surface area contributed by atoms with E-state index in [0.29, 0.717) is 5.92 Å². The summed E-state index contributed by atoms with van der Waals surface area (Å²) in [7, 11) is 0. The molecule has 4 heteroatoms. The third-order valence-electron chi connectivity index (χ3n) is 4.74. The summed E-state index contributed by atoms with van der Waals surface area (Å²) in [5.74, 6) is 0.422. The monoisotopic (exact) mass is 276 g/mol. The number of benzene rings is 1. The van der Waals surface area contributed by atoms with Crippen LogP contribution in [0, 0.1) is 11.7 Å². The maximum Gasteiger partial charge on any atom is 0.244 e. The predicted molar refractivity (Wildman–Crippen MR) is 75.4 cm³/mol. The highest BCUT2D eigenvalue weighted by molar-refractivity contribution is 5.89. The molecule has 1 aromatic carbocycles. The molecule has 0 radical (unpaired) electrons. The Morgan fingerprint density at radius 3 is 2.75 bits per heavy atom. The average Bonchev–Trinajstić information content (AvgIpc) is 3.07. The Kier molecular flexibility index (Phi) is 3.09. The third-order valence-corrected chi connectivity index (χ3v) is 4.74. The van der Waals surface area contributed by atoms with Crippen molar-refractivity contribution < 1.29 is 9.18 Å². The van der Waals surface area contributed by atoms with Crippen LogP contribution in [0.1, 0.15) is 45.3 Å². The number of amides is 1. The van der Waals surface area contributed by atoms with E-state index in [4.69, 9.17) is 0 Å². The number of hydrogen-bond donors (Lipinski definition) is 1. The minimum absolute atomic E-state index is 0.142. The van der Waals surface area contributed by atoms with Gasteiger partial charge in [0.2, 0.25) is 5.91 Å². The molecule has 1 saturated heterocycles. The van der Waals surface area contributed by atoms with Gasteiger partial charge in [0.05, 0.1) is 5.54 Å².